The molecule has 0 aromatic heterocycles. The Morgan fingerprint density at radius 3 is 1.60 bits per heavy atom. The van der Waals surface area contributed by atoms with Crippen molar-refractivity contribution in [3.05, 3.63) is 59.7 Å². The molecule has 0 unspecified atom stereocenters. The van der Waals surface area contributed by atoms with E-state index in [0.717, 1.165) is 48.5 Å². The summed E-state index contributed by atoms with van der Waals surface area (Å²) in [6.45, 7) is 6.13. The summed E-state index contributed by atoms with van der Waals surface area (Å²) in [5.74, 6) is -6.39. The number of fused-ring (bicyclic) bond motifs is 2. The molecule has 0 saturated carbocycles. The molecule has 3 saturated heterocycles. The minimum absolute atomic E-state index is 0.0123. The van der Waals surface area contributed by atoms with Crippen molar-refractivity contribution in [2.75, 3.05) is 13.2 Å². The highest BCUT2D eigenvalue weighted by molar-refractivity contribution is 6.08. The van der Waals surface area contributed by atoms with Crippen molar-refractivity contribution in [1.29, 1.82) is 0 Å². The van der Waals surface area contributed by atoms with Gasteiger partial charge >= 0.3 is 41.8 Å². The van der Waals surface area contributed by atoms with Gasteiger partial charge in [0.1, 0.15) is 43.0 Å². The van der Waals surface area contributed by atoms with E-state index in [9.17, 15) is 38.4 Å². The lowest BCUT2D eigenvalue weighted by atomic mass is 9.88. The summed E-state index contributed by atoms with van der Waals surface area (Å²) in [6.07, 6.45) is -17.4. The van der Waals surface area contributed by atoms with E-state index in [4.69, 9.17) is 61.6 Å². The molecule has 62 heavy (non-hydrogen) atoms. The van der Waals surface area contributed by atoms with Crippen LogP contribution in [-0.2, 0) is 91.3 Å². The molecule has 334 valence electrons. The van der Waals surface area contributed by atoms with Crippen LogP contribution in [0.15, 0.2) is 48.5 Å². The lowest BCUT2D eigenvalue weighted by molar-refractivity contribution is -0.354. The molecule has 6 rings (SSSR count). The topological polar surface area (TPSA) is 260 Å². The lowest BCUT2D eigenvalue weighted by Crippen LogP contribution is -2.67. The Hall–Kier alpha value is -6.16. The van der Waals surface area contributed by atoms with E-state index in [2.05, 4.69) is 0 Å². The van der Waals surface area contributed by atoms with Gasteiger partial charge in [-0.3, -0.25) is 38.4 Å². The number of rotatable bonds is 14. The Morgan fingerprint density at radius 1 is 0.565 bits per heavy atom. The molecule has 0 N–H and O–H groups in total. The monoisotopic (exact) mass is 872 g/mol. The maximum absolute atomic E-state index is 13.7. The SMILES string of the molecule is CC(=O)OC[C@H]1O[C@@H](O[C@H]2[C@H](OC(C)=O)[C@@H](OC(C)=O)[C@H](Oc3ccc4c(c3)O[C@@H]3O[C@]3(c3ccccc3)C4=O)O[C@@H]2COC(C)=O)[C@H](OC(C)=O)[C@@H](OC(C)=O)[C@@H]1OC(C)=O. The standard InChI is InChI=1S/C41H44O21/c1-18(42)50-16-29-31(52-20(3)44)33(53-21(4)45)36(56-24(7)48)39(59-29)61-32-30(17-51-19(2)43)58-38(35(55-23(6)47)34(32)54-22(5)46)57-26-13-14-27-28(15-26)60-40-41(62-40,37(27)49)25-11-9-8-10-12-25/h8-15,29-36,38-40H,16-17H2,1-7H3/t29-,30-,31-,32-,33+,34+,35-,36-,38-,39+,40-,41-/m1/s1. The number of hydrogen-bond acceptors (Lipinski definition) is 21. The Labute approximate surface area is 353 Å². The number of ketones is 1. The highest BCUT2D eigenvalue weighted by Gasteiger charge is 2.69. The highest BCUT2D eigenvalue weighted by atomic mass is 16.8. The number of Topliss-reactive ketones (excluding diaryl/α,β-unsaturated/α-hetero) is 1. The predicted molar refractivity (Wildman–Crippen MR) is 198 cm³/mol. The van der Waals surface area contributed by atoms with Gasteiger partial charge in [0.05, 0.1) is 5.56 Å². The molecule has 4 heterocycles. The first-order valence-electron chi connectivity index (χ1n) is 19.2. The fourth-order valence-corrected chi connectivity index (χ4v) is 7.30. The summed E-state index contributed by atoms with van der Waals surface area (Å²) in [5.41, 5.74) is -0.535. The normalized spacial score (nSPS) is 30.7. The Balaban J connectivity index is 1.36. The molecule has 0 bridgehead atoms. The average molecular weight is 873 g/mol. The van der Waals surface area contributed by atoms with Gasteiger partial charge in [0.25, 0.3) is 0 Å². The van der Waals surface area contributed by atoms with Crippen molar-refractivity contribution in [2.24, 2.45) is 0 Å². The first kappa shape index (κ1) is 45.4. The zero-order chi connectivity index (χ0) is 45.0. The van der Waals surface area contributed by atoms with Gasteiger partial charge in [-0.25, -0.2) is 0 Å². The van der Waals surface area contributed by atoms with Crippen LogP contribution < -0.4 is 9.47 Å². The van der Waals surface area contributed by atoms with Crippen LogP contribution in [0.25, 0.3) is 0 Å². The highest BCUT2D eigenvalue weighted by Crippen LogP contribution is 2.54. The van der Waals surface area contributed by atoms with Gasteiger partial charge in [0.2, 0.25) is 30.1 Å². The third-order valence-electron chi connectivity index (χ3n) is 9.68. The van der Waals surface area contributed by atoms with Crippen molar-refractivity contribution in [2.45, 2.75) is 122 Å². The molecular weight excluding hydrogens is 828 g/mol. The summed E-state index contributed by atoms with van der Waals surface area (Å²) in [4.78, 5) is 101. The summed E-state index contributed by atoms with van der Waals surface area (Å²) in [7, 11) is 0. The van der Waals surface area contributed by atoms with Crippen LogP contribution in [-0.4, -0.2) is 128 Å². The second-order valence-corrected chi connectivity index (χ2v) is 14.4. The first-order valence-corrected chi connectivity index (χ1v) is 19.2. The van der Waals surface area contributed by atoms with Crippen molar-refractivity contribution >= 4 is 47.6 Å². The molecule has 3 fully saturated rings. The van der Waals surface area contributed by atoms with E-state index in [1.54, 1.807) is 30.3 Å². The molecule has 12 atom stereocenters. The number of hydrogen-bond donors (Lipinski definition) is 0. The van der Waals surface area contributed by atoms with Crippen molar-refractivity contribution in [3.63, 3.8) is 0 Å². The third kappa shape index (κ3) is 10.1. The minimum Gasteiger partial charge on any atom is -0.463 e. The van der Waals surface area contributed by atoms with Gasteiger partial charge < -0.3 is 61.6 Å². The summed E-state index contributed by atoms with van der Waals surface area (Å²) < 4.78 is 75.0. The number of carbonyl (C=O) groups excluding carboxylic acids is 8. The van der Waals surface area contributed by atoms with Crippen LogP contribution in [0, 0.1) is 0 Å². The van der Waals surface area contributed by atoms with Gasteiger partial charge in [-0.15, -0.1) is 0 Å². The molecule has 4 aliphatic rings. The molecule has 4 aliphatic heterocycles. The quantitative estimate of drug-likeness (QED) is 0.148. The third-order valence-corrected chi connectivity index (χ3v) is 9.68. The average Bonchev–Trinajstić information content (AvgIpc) is 3.93. The number of ether oxygens (including phenoxy) is 13. The van der Waals surface area contributed by atoms with Crippen LogP contribution in [0.5, 0.6) is 11.5 Å². The number of epoxide rings is 1. The fraction of sp³-hybridized carbons (Fsp3) is 0.512. The number of benzene rings is 2. The Bertz CT molecular complexity index is 2070. The van der Waals surface area contributed by atoms with Crippen molar-refractivity contribution in [1.82, 2.24) is 0 Å². The smallest absolute Gasteiger partial charge is 0.303 e. The molecule has 2 aromatic rings. The van der Waals surface area contributed by atoms with Gasteiger partial charge in [-0.1, -0.05) is 30.3 Å². The predicted octanol–water partition coefficient (Wildman–Crippen LogP) is 1.51. The lowest BCUT2D eigenvalue weighted by Gasteiger charge is -2.48. The van der Waals surface area contributed by atoms with Crippen LogP contribution in [0.2, 0.25) is 0 Å². The molecule has 21 nitrogen and oxygen atoms in total. The van der Waals surface area contributed by atoms with Crippen molar-refractivity contribution < 1.29 is 99.9 Å². The van der Waals surface area contributed by atoms with E-state index < -0.39 is 128 Å². The van der Waals surface area contributed by atoms with Gasteiger partial charge in [0.15, 0.2) is 30.7 Å². The van der Waals surface area contributed by atoms with Crippen LogP contribution in [0.1, 0.15) is 64.4 Å². The minimum atomic E-state index is -1.86. The van der Waals surface area contributed by atoms with Gasteiger partial charge in [-0.05, 0) is 17.7 Å². The Kier molecular flexibility index (Phi) is 13.8. The van der Waals surface area contributed by atoms with E-state index in [-0.39, 0.29) is 22.8 Å². The maximum atomic E-state index is 13.7. The zero-order valence-corrected chi connectivity index (χ0v) is 34.5. The molecular formula is C41H44O21. The number of esters is 7. The molecule has 0 amide bonds. The van der Waals surface area contributed by atoms with Gasteiger partial charge in [-0.2, -0.15) is 0 Å². The molecule has 21 heteroatoms. The number of carbonyl (C=O) groups is 8. The van der Waals surface area contributed by atoms with Crippen LogP contribution >= 0.6 is 0 Å². The fourth-order valence-electron chi connectivity index (χ4n) is 7.30. The van der Waals surface area contributed by atoms with E-state index in [0.29, 0.717) is 5.56 Å². The van der Waals surface area contributed by atoms with Crippen molar-refractivity contribution in [3.8, 4) is 11.5 Å². The summed E-state index contributed by atoms with van der Waals surface area (Å²) in [6, 6.07) is 13.1. The van der Waals surface area contributed by atoms with E-state index in [1.807, 2.05) is 0 Å². The van der Waals surface area contributed by atoms with E-state index in [1.165, 1.54) is 18.2 Å². The summed E-state index contributed by atoms with van der Waals surface area (Å²) >= 11 is 0. The Morgan fingerprint density at radius 2 is 1.05 bits per heavy atom. The largest absolute Gasteiger partial charge is 0.463 e. The zero-order valence-electron chi connectivity index (χ0n) is 34.5. The molecule has 0 aliphatic carbocycles. The summed E-state index contributed by atoms with van der Waals surface area (Å²) in [5, 5.41) is 0. The molecule has 2 aromatic carbocycles. The van der Waals surface area contributed by atoms with Crippen LogP contribution in [0.3, 0.4) is 0 Å². The maximum Gasteiger partial charge on any atom is 0.303 e. The first-order chi connectivity index (χ1) is 29.4. The molecule has 0 radical (unpaired) electrons. The second kappa shape index (κ2) is 18.8. The second-order valence-electron chi connectivity index (χ2n) is 14.4. The van der Waals surface area contributed by atoms with Crippen LogP contribution in [0.4, 0.5) is 0 Å². The van der Waals surface area contributed by atoms with E-state index >= 15 is 0 Å². The van der Waals surface area contributed by atoms with Gasteiger partial charge in [0, 0.05) is 54.5 Å². The molecule has 0 spiro atoms.